The van der Waals surface area contributed by atoms with Crippen molar-refractivity contribution in [3.63, 3.8) is 0 Å². The maximum atomic E-state index is 12.2. The molecule has 3 rings (SSSR count). The Labute approximate surface area is 129 Å². The Morgan fingerprint density at radius 2 is 2.23 bits per heavy atom. The predicted octanol–water partition coefficient (Wildman–Crippen LogP) is 2.20. The SMILES string of the molecule is C=CCCC12CN(OC(=O)c3ccccc3)CC1COC2=O. The van der Waals surface area contributed by atoms with Gasteiger partial charge in [0, 0.05) is 12.5 Å². The van der Waals surface area contributed by atoms with Crippen LogP contribution >= 0.6 is 0 Å². The highest BCUT2D eigenvalue weighted by molar-refractivity contribution is 5.89. The number of esters is 1. The van der Waals surface area contributed by atoms with Crippen molar-refractivity contribution >= 4 is 11.9 Å². The molecule has 0 aliphatic carbocycles. The summed E-state index contributed by atoms with van der Waals surface area (Å²) < 4.78 is 5.22. The first-order chi connectivity index (χ1) is 10.7. The molecule has 5 heteroatoms. The van der Waals surface area contributed by atoms with Crippen molar-refractivity contribution in [2.24, 2.45) is 11.3 Å². The highest BCUT2D eigenvalue weighted by Gasteiger charge is 2.58. The van der Waals surface area contributed by atoms with E-state index >= 15 is 0 Å². The van der Waals surface area contributed by atoms with Gasteiger partial charge >= 0.3 is 11.9 Å². The molecule has 0 radical (unpaired) electrons. The molecule has 2 saturated heterocycles. The van der Waals surface area contributed by atoms with Gasteiger partial charge in [0.25, 0.3) is 0 Å². The van der Waals surface area contributed by atoms with Crippen molar-refractivity contribution in [1.82, 2.24) is 5.06 Å². The van der Waals surface area contributed by atoms with Crippen molar-refractivity contribution in [2.75, 3.05) is 19.7 Å². The Bertz CT molecular complexity index is 586. The van der Waals surface area contributed by atoms with Gasteiger partial charge in [-0.15, -0.1) is 11.6 Å². The van der Waals surface area contributed by atoms with Crippen LogP contribution < -0.4 is 0 Å². The number of carbonyl (C=O) groups excluding carboxylic acids is 2. The van der Waals surface area contributed by atoms with E-state index in [9.17, 15) is 9.59 Å². The average molecular weight is 301 g/mol. The zero-order valence-electron chi connectivity index (χ0n) is 12.4. The number of cyclic esters (lactones) is 1. The number of hydroxylamine groups is 2. The molecule has 2 unspecified atom stereocenters. The molecule has 5 nitrogen and oxygen atoms in total. The second-order valence-corrected chi connectivity index (χ2v) is 5.85. The number of hydrogen-bond acceptors (Lipinski definition) is 5. The molecule has 1 aromatic rings. The lowest BCUT2D eigenvalue weighted by molar-refractivity contribution is -0.152. The molecule has 2 aliphatic heterocycles. The summed E-state index contributed by atoms with van der Waals surface area (Å²) in [6.45, 7) is 5.03. The molecule has 2 heterocycles. The zero-order chi connectivity index (χ0) is 15.6. The highest BCUT2D eigenvalue weighted by Crippen LogP contribution is 2.45. The number of fused-ring (bicyclic) bond motifs is 1. The van der Waals surface area contributed by atoms with Crippen LogP contribution in [0.2, 0.25) is 0 Å². The molecule has 2 aliphatic rings. The fourth-order valence-electron chi connectivity index (χ4n) is 3.25. The van der Waals surface area contributed by atoms with Gasteiger partial charge in [-0.3, -0.25) is 4.79 Å². The van der Waals surface area contributed by atoms with Crippen molar-refractivity contribution in [1.29, 1.82) is 0 Å². The lowest BCUT2D eigenvalue weighted by Gasteiger charge is -2.23. The first-order valence-electron chi connectivity index (χ1n) is 7.46. The zero-order valence-corrected chi connectivity index (χ0v) is 12.4. The molecule has 0 amide bonds. The Kier molecular flexibility index (Phi) is 3.98. The van der Waals surface area contributed by atoms with E-state index < -0.39 is 11.4 Å². The third-order valence-corrected chi connectivity index (χ3v) is 4.50. The minimum absolute atomic E-state index is 0.0727. The Hall–Kier alpha value is -2.14. The Balaban J connectivity index is 1.69. The van der Waals surface area contributed by atoms with E-state index in [2.05, 4.69) is 6.58 Å². The molecular weight excluding hydrogens is 282 g/mol. The summed E-state index contributed by atoms with van der Waals surface area (Å²) in [5.74, 6) is -0.506. The number of nitrogens with zero attached hydrogens (tertiary/aromatic N) is 1. The van der Waals surface area contributed by atoms with Gasteiger partial charge in [0.05, 0.1) is 24.1 Å². The number of hydrogen-bond donors (Lipinski definition) is 0. The summed E-state index contributed by atoms with van der Waals surface area (Å²) in [5, 5.41) is 1.60. The number of rotatable bonds is 5. The van der Waals surface area contributed by atoms with E-state index in [1.165, 1.54) is 0 Å². The van der Waals surface area contributed by atoms with Gasteiger partial charge in [0.1, 0.15) is 0 Å². The summed E-state index contributed by atoms with van der Waals surface area (Å²) in [6.07, 6.45) is 3.22. The molecule has 0 N–H and O–H groups in total. The summed E-state index contributed by atoms with van der Waals surface area (Å²) in [6, 6.07) is 8.84. The van der Waals surface area contributed by atoms with Crippen LogP contribution in [0, 0.1) is 11.3 Å². The summed E-state index contributed by atoms with van der Waals surface area (Å²) in [5.41, 5.74) is -0.0622. The monoisotopic (exact) mass is 301 g/mol. The van der Waals surface area contributed by atoms with E-state index in [4.69, 9.17) is 9.57 Å². The fraction of sp³-hybridized carbons (Fsp3) is 0.412. The molecular formula is C17H19NO4. The van der Waals surface area contributed by atoms with E-state index in [0.29, 0.717) is 31.7 Å². The molecule has 22 heavy (non-hydrogen) atoms. The molecule has 0 bridgehead atoms. The number of allylic oxidation sites excluding steroid dienone is 1. The van der Waals surface area contributed by atoms with Crippen molar-refractivity contribution < 1.29 is 19.2 Å². The van der Waals surface area contributed by atoms with Crippen LogP contribution in [0.3, 0.4) is 0 Å². The largest absolute Gasteiger partial charge is 0.465 e. The van der Waals surface area contributed by atoms with Gasteiger partial charge in [-0.1, -0.05) is 24.3 Å². The lowest BCUT2D eigenvalue weighted by Crippen LogP contribution is -2.35. The second kappa shape index (κ2) is 5.93. The summed E-state index contributed by atoms with van der Waals surface area (Å²) in [4.78, 5) is 29.7. The molecule has 2 atom stereocenters. The van der Waals surface area contributed by atoms with E-state index in [-0.39, 0.29) is 11.9 Å². The van der Waals surface area contributed by atoms with Gasteiger partial charge in [-0.2, -0.15) is 0 Å². The Morgan fingerprint density at radius 3 is 2.95 bits per heavy atom. The molecule has 1 aromatic carbocycles. The first kappa shape index (κ1) is 14.8. The third kappa shape index (κ3) is 2.52. The lowest BCUT2D eigenvalue weighted by atomic mass is 9.76. The van der Waals surface area contributed by atoms with E-state index in [1.54, 1.807) is 35.4 Å². The average Bonchev–Trinajstić information content (AvgIpc) is 3.03. The quantitative estimate of drug-likeness (QED) is 0.616. The van der Waals surface area contributed by atoms with Crippen LogP contribution in [0.4, 0.5) is 0 Å². The maximum Gasteiger partial charge on any atom is 0.357 e. The highest BCUT2D eigenvalue weighted by atomic mass is 16.7. The molecule has 0 aromatic heterocycles. The summed E-state index contributed by atoms with van der Waals surface area (Å²) in [7, 11) is 0. The van der Waals surface area contributed by atoms with Crippen LogP contribution in [0.25, 0.3) is 0 Å². The van der Waals surface area contributed by atoms with Crippen molar-refractivity contribution in [2.45, 2.75) is 12.8 Å². The van der Waals surface area contributed by atoms with Crippen LogP contribution in [0.1, 0.15) is 23.2 Å². The van der Waals surface area contributed by atoms with Crippen molar-refractivity contribution in [3.8, 4) is 0 Å². The van der Waals surface area contributed by atoms with Crippen molar-refractivity contribution in [3.05, 3.63) is 48.6 Å². The molecule has 0 saturated carbocycles. The van der Waals surface area contributed by atoms with Gasteiger partial charge in [0.2, 0.25) is 0 Å². The first-order valence-corrected chi connectivity index (χ1v) is 7.46. The maximum absolute atomic E-state index is 12.2. The smallest absolute Gasteiger partial charge is 0.357 e. The van der Waals surface area contributed by atoms with Crippen LogP contribution in [-0.4, -0.2) is 36.7 Å². The molecule has 116 valence electrons. The standard InChI is InChI=1S/C17H19NO4/c1-2-3-9-17-12-18(10-14(17)11-21-16(17)20)22-15(19)13-7-5-4-6-8-13/h2,4-8,14H,1,3,9-12H2. The normalized spacial score (nSPS) is 27.3. The topological polar surface area (TPSA) is 55.8 Å². The Morgan fingerprint density at radius 1 is 1.45 bits per heavy atom. The second-order valence-electron chi connectivity index (χ2n) is 5.85. The van der Waals surface area contributed by atoms with Crippen LogP contribution in [-0.2, 0) is 14.4 Å². The van der Waals surface area contributed by atoms with Crippen LogP contribution in [0.15, 0.2) is 43.0 Å². The number of benzene rings is 1. The minimum Gasteiger partial charge on any atom is -0.465 e. The van der Waals surface area contributed by atoms with E-state index in [1.807, 2.05) is 6.07 Å². The van der Waals surface area contributed by atoms with Gasteiger partial charge in [0.15, 0.2) is 0 Å². The fourth-order valence-corrected chi connectivity index (χ4v) is 3.25. The van der Waals surface area contributed by atoms with Crippen LogP contribution in [0.5, 0.6) is 0 Å². The number of carbonyl (C=O) groups is 2. The predicted molar refractivity (Wildman–Crippen MR) is 79.7 cm³/mol. The van der Waals surface area contributed by atoms with Gasteiger partial charge in [-0.05, 0) is 25.0 Å². The molecule has 2 fully saturated rings. The molecule has 0 spiro atoms. The minimum atomic E-state index is -0.564. The van der Waals surface area contributed by atoms with Gasteiger partial charge in [-0.25, -0.2) is 4.79 Å². The summed E-state index contributed by atoms with van der Waals surface area (Å²) >= 11 is 0. The third-order valence-electron chi connectivity index (χ3n) is 4.50. The van der Waals surface area contributed by atoms with E-state index in [0.717, 1.165) is 6.42 Å². The number of ether oxygens (including phenoxy) is 1. The van der Waals surface area contributed by atoms with Gasteiger partial charge < -0.3 is 9.57 Å².